The van der Waals surface area contributed by atoms with Gasteiger partial charge in [0.2, 0.25) is 11.8 Å². The number of carbonyl (C=O) groups excluding carboxylic acids is 2. The van der Waals surface area contributed by atoms with Crippen molar-refractivity contribution in [2.45, 2.75) is 51.0 Å². The van der Waals surface area contributed by atoms with Gasteiger partial charge in [0, 0.05) is 19.1 Å². The Balaban J connectivity index is 0.00000385. The van der Waals surface area contributed by atoms with Crippen LogP contribution >= 0.6 is 12.4 Å². The highest BCUT2D eigenvalue weighted by atomic mass is 35.5. The molecule has 0 aromatic heterocycles. The summed E-state index contributed by atoms with van der Waals surface area (Å²) in [6.45, 7) is 3.01. The minimum Gasteiger partial charge on any atom is -0.481 e. The molecule has 1 aromatic rings. The molecule has 2 heterocycles. The third-order valence-electron chi connectivity index (χ3n) is 6.39. The van der Waals surface area contributed by atoms with E-state index in [4.69, 9.17) is 0 Å². The van der Waals surface area contributed by atoms with Gasteiger partial charge in [0.15, 0.2) is 0 Å². The van der Waals surface area contributed by atoms with Crippen molar-refractivity contribution in [2.24, 2.45) is 11.8 Å². The molecule has 182 valence electrons. The molecular weight excluding hydrogens is 442 g/mol. The summed E-state index contributed by atoms with van der Waals surface area (Å²) in [5.41, 5.74) is 1.12. The van der Waals surface area contributed by atoms with Crippen LogP contribution in [0.4, 0.5) is 0 Å². The Labute approximate surface area is 202 Å². The molecular formula is C25H36ClN3O4. The lowest BCUT2D eigenvalue weighted by atomic mass is 9.95. The van der Waals surface area contributed by atoms with Crippen molar-refractivity contribution in [2.75, 3.05) is 26.2 Å². The standard InChI is InChI=1S/C25H35N3O4.ClH/c29-23(11-9-20-12-14-26-15-13-20)28-16-4-7-21(18-28)25(32)27-22(17-24(30)31)10-8-19-5-2-1-3-6-19;/h1-3,5-6,9,11,20-22,26H,4,7-8,10,12-18H2,(H,27,32)(H,30,31);1H/b11-9+;/t21-,22-;/m1./s1. The van der Waals surface area contributed by atoms with Crippen LogP contribution in [0.25, 0.3) is 0 Å². The van der Waals surface area contributed by atoms with Gasteiger partial charge < -0.3 is 20.6 Å². The summed E-state index contributed by atoms with van der Waals surface area (Å²) >= 11 is 0. The van der Waals surface area contributed by atoms with Crippen LogP contribution in [0.15, 0.2) is 42.5 Å². The summed E-state index contributed by atoms with van der Waals surface area (Å²) in [5, 5.41) is 15.5. The van der Waals surface area contributed by atoms with Gasteiger partial charge in [0.1, 0.15) is 0 Å². The molecule has 0 unspecified atom stereocenters. The highest BCUT2D eigenvalue weighted by molar-refractivity contribution is 5.88. The summed E-state index contributed by atoms with van der Waals surface area (Å²) in [4.78, 5) is 38.6. The largest absolute Gasteiger partial charge is 0.481 e. The second-order valence-corrected chi connectivity index (χ2v) is 8.90. The number of allylic oxidation sites excluding steroid dienone is 1. The highest BCUT2D eigenvalue weighted by Crippen LogP contribution is 2.19. The molecule has 3 rings (SSSR count). The van der Waals surface area contributed by atoms with E-state index < -0.39 is 12.0 Å². The fraction of sp³-hybridized carbons (Fsp3) is 0.560. The first kappa shape index (κ1) is 26.9. The van der Waals surface area contributed by atoms with Gasteiger partial charge in [-0.15, -0.1) is 12.4 Å². The zero-order chi connectivity index (χ0) is 22.8. The van der Waals surface area contributed by atoms with Crippen LogP contribution in [0.5, 0.6) is 0 Å². The lowest BCUT2D eigenvalue weighted by Gasteiger charge is -2.32. The number of nitrogens with zero attached hydrogens (tertiary/aromatic N) is 1. The zero-order valence-electron chi connectivity index (χ0n) is 19.1. The van der Waals surface area contributed by atoms with E-state index in [0.717, 1.165) is 37.9 Å². The molecule has 2 atom stereocenters. The number of nitrogens with one attached hydrogen (secondary N) is 2. The average Bonchev–Trinajstić information content (AvgIpc) is 2.82. The molecule has 7 nitrogen and oxygen atoms in total. The van der Waals surface area contributed by atoms with Crippen LogP contribution in [0, 0.1) is 11.8 Å². The lowest BCUT2D eigenvalue weighted by molar-refractivity contribution is -0.138. The number of carbonyl (C=O) groups is 3. The van der Waals surface area contributed by atoms with E-state index in [1.54, 1.807) is 11.0 Å². The number of piperidine rings is 2. The van der Waals surface area contributed by atoms with E-state index >= 15 is 0 Å². The Bertz CT molecular complexity index is 796. The van der Waals surface area contributed by atoms with Gasteiger partial charge in [-0.05, 0) is 69.2 Å². The number of carboxylic acid groups (broad SMARTS) is 1. The first-order valence-corrected chi connectivity index (χ1v) is 11.7. The van der Waals surface area contributed by atoms with E-state index in [0.29, 0.717) is 38.3 Å². The minimum atomic E-state index is -0.924. The zero-order valence-corrected chi connectivity index (χ0v) is 19.9. The van der Waals surface area contributed by atoms with E-state index in [-0.39, 0.29) is 36.6 Å². The van der Waals surface area contributed by atoms with Crippen molar-refractivity contribution in [3.63, 3.8) is 0 Å². The fourth-order valence-corrected chi connectivity index (χ4v) is 4.49. The average molecular weight is 478 g/mol. The third-order valence-corrected chi connectivity index (χ3v) is 6.39. The van der Waals surface area contributed by atoms with E-state index in [1.165, 1.54) is 0 Å². The van der Waals surface area contributed by atoms with Crippen molar-refractivity contribution < 1.29 is 19.5 Å². The van der Waals surface area contributed by atoms with Crippen LogP contribution in [0.1, 0.15) is 44.1 Å². The summed E-state index contributed by atoms with van der Waals surface area (Å²) in [6, 6.07) is 9.42. The minimum absolute atomic E-state index is 0. The Morgan fingerprint density at radius 2 is 1.88 bits per heavy atom. The first-order valence-electron chi connectivity index (χ1n) is 11.7. The van der Waals surface area contributed by atoms with E-state index in [9.17, 15) is 19.5 Å². The molecule has 0 aliphatic carbocycles. The predicted octanol–water partition coefficient (Wildman–Crippen LogP) is 2.79. The van der Waals surface area contributed by atoms with Crippen LogP contribution < -0.4 is 10.6 Å². The SMILES string of the molecule is Cl.O=C(O)C[C@@H](CCc1ccccc1)NC(=O)[C@@H]1CCCN(C(=O)/C=C/C2CCNCC2)C1. The van der Waals surface area contributed by atoms with Crippen LogP contribution in [0.3, 0.4) is 0 Å². The predicted molar refractivity (Wildman–Crippen MR) is 130 cm³/mol. The molecule has 0 radical (unpaired) electrons. The molecule has 8 heteroatoms. The number of aliphatic carboxylic acids is 1. The lowest BCUT2D eigenvalue weighted by Crippen LogP contribution is -2.47. The topological polar surface area (TPSA) is 98.7 Å². The number of amides is 2. The fourth-order valence-electron chi connectivity index (χ4n) is 4.49. The summed E-state index contributed by atoms with van der Waals surface area (Å²) in [5.74, 6) is -0.971. The third kappa shape index (κ3) is 9.18. The summed E-state index contributed by atoms with van der Waals surface area (Å²) in [6.07, 6.45) is 8.43. The maximum atomic E-state index is 12.9. The van der Waals surface area contributed by atoms with Gasteiger partial charge in [0.25, 0.3) is 0 Å². The van der Waals surface area contributed by atoms with Crippen molar-refractivity contribution in [1.29, 1.82) is 0 Å². The molecule has 2 saturated heterocycles. The van der Waals surface area contributed by atoms with E-state index in [1.807, 2.05) is 36.4 Å². The Morgan fingerprint density at radius 3 is 2.58 bits per heavy atom. The van der Waals surface area contributed by atoms with Crippen molar-refractivity contribution >= 4 is 30.2 Å². The molecule has 1 aromatic carbocycles. The number of likely N-dealkylation sites (tertiary alicyclic amines) is 1. The number of rotatable bonds is 9. The number of benzene rings is 1. The number of aryl methyl sites for hydroxylation is 1. The van der Waals surface area contributed by atoms with Gasteiger partial charge in [-0.3, -0.25) is 14.4 Å². The van der Waals surface area contributed by atoms with Crippen LogP contribution in [-0.2, 0) is 20.8 Å². The molecule has 2 amide bonds. The second kappa shape index (κ2) is 14.0. The molecule has 0 saturated carbocycles. The highest BCUT2D eigenvalue weighted by Gasteiger charge is 2.29. The molecule has 2 fully saturated rings. The normalized spacial score (nSPS) is 20.1. The van der Waals surface area contributed by atoms with E-state index in [2.05, 4.69) is 10.6 Å². The molecule has 0 bridgehead atoms. The van der Waals surface area contributed by atoms with Gasteiger partial charge >= 0.3 is 5.97 Å². The molecule has 2 aliphatic heterocycles. The summed E-state index contributed by atoms with van der Waals surface area (Å²) in [7, 11) is 0. The summed E-state index contributed by atoms with van der Waals surface area (Å²) < 4.78 is 0. The Kier molecular flexibility index (Phi) is 11.4. The van der Waals surface area contributed by atoms with Gasteiger partial charge in [-0.2, -0.15) is 0 Å². The molecule has 0 spiro atoms. The number of carboxylic acids is 1. The number of hydrogen-bond donors (Lipinski definition) is 3. The van der Waals surface area contributed by atoms with Crippen molar-refractivity contribution in [1.82, 2.24) is 15.5 Å². The molecule has 3 N–H and O–H groups in total. The number of hydrogen-bond acceptors (Lipinski definition) is 4. The van der Waals surface area contributed by atoms with Gasteiger partial charge in [-0.25, -0.2) is 0 Å². The van der Waals surface area contributed by atoms with Crippen LogP contribution in [0.2, 0.25) is 0 Å². The maximum absolute atomic E-state index is 12.9. The second-order valence-electron chi connectivity index (χ2n) is 8.90. The Hall–Kier alpha value is -2.38. The van der Waals surface area contributed by atoms with Gasteiger partial charge in [0.05, 0.1) is 12.3 Å². The Morgan fingerprint density at radius 1 is 1.15 bits per heavy atom. The quantitative estimate of drug-likeness (QED) is 0.475. The number of halogens is 1. The monoisotopic (exact) mass is 477 g/mol. The van der Waals surface area contributed by atoms with Gasteiger partial charge in [-0.1, -0.05) is 36.4 Å². The molecule has 33 heavy (non-hydrogen) atoms. The van der Waals surface area contributed by atoms with Crippen molar-refractivity contribution in [3.8, 4) is 0 Å². The van der Waals surface area contributed by atoms with Crippen LogP contribution in [-0.4, -0.2) is 60.0 Å². The maximum Gasteiger partial charge on any atom is 0.305 e. The smallest absolute Gasteiger partial charge is 0.305 e. The first-order chi connectivity index (χ1) is 15.5. The van der Waals surface area contributed by atoms with Crippen molar-refractivity contribution in [3.05, 3.63) is 48.0 Å². The molecule has 2 aliphatic rings.